The Hall–Kier alpha value is -4.11. The van der Waals surface area contributed by atoms with Crippen LogP contribution in [0.3, 0.4) is 0 Å². The van der Waals surface area contributed by atoms with E-state index < -0.39 is 29.3 Å². The van der Waals surface area contributed by atoms with Gasteiger partial charge in [-0.1, -0.05) is 36.4 Å². The van der Waals surface area contributed by atoms with E-state index in [0.717, 1.165) is 0 Å². The fourth-order valence-corrected chi connectivity index (χ4v) is 4.82. The van der Waals surface area contributed by atoms with Crippen molar-refractivity contribution >= 4 is 29.2 Å². The number of piperidine rings is 1. The molecule has 2 aromatic carbocycles. The van der Waals surface area contributed by atoms with Gasteiger partial charge in [0.15, 0.2) is 5.76 Å². The van der Waals surface area contributed by atoms with E-state index in [0.29, 0.717) is 30.0 Å². The van der Waals surface area contributed by atoms with Crippen LogP contribution in [0.15, 0.2) is 77.4 Å². The Bertz CT molecular complexity index is 1200. The summed E-state index contributed by atoms with van der Waals surface area (Å²) in [5.41, 5.74) is 6.29. The van der Waals surface area contributed by atoms with E-state index in [2.05, 4.69) is 0 Å². The van der Waals surface area contributed by atoms with Gasteiger partial charge in [0, 0.05) is 31.0 Å². The molecule has 0 aliphatic carbocycles. The van der Waals surface area contributed by atoms with Crippen LogP contribution in [0.4, 0.5) is 11.4 Å². The number of carbonyl (C=O) groups excluding carboxylic acids is 2. The van der Waals surface area contributed by atoms with E-state index in [4.69, 9.17) is 14.9 Å². The number of amides is 1. The van der Waals surface area contributed by atoms with Gasteiger partial charge in [0.2, 0.25) is 0 Å². The molecule has 3 N–H and O–H groups in total. The summed E-state index contributed by atoms with van der Waals surface area (Å²) in [6.07, 6.45) is 1.87. The van der Waals surface area contributed by atoms with Crippen LogP contribution >= 0.6 is 0 Å². The quantitative estimate of drug-likeness (QED) is 0.363. The Kier molecular flexibility index (Phi) is 7.40. The van der Waals surface area contributed by atoms with Crippen LogP contribution < -0.4 is 10.6 Å². The summed E-state index contributed by atoms with van der Waals surface area (Å²) >= 11 is 0. The topological polar surface area (TPSA) is 126 Å². The number of benzene rings is 2. The largest absolute Gasteiger partial charge is 0.481 e. The average Bonchev–Trinajstić information content (AvgIpc) is 3.43. The third-order valence-corrected chi connectivity index (χ3v) is 6.68. The minimum atomic E-state index is -1.33. The molecule has 0 spiro atoms. The molecular weight excluding hydrogens is 462 g/mol. The van der Waals surface area contributed by atoms with Gasteiger partial charge in [0.1, 0.15) is 5.54 Å². The zero-order valence-corrected chi connectivity index (χ0v) is 20.0. The van der Waals surface area contributed by atoms with E-state index >= 15 is 0 Å². The number of furan rings is 1. The number of ether oxygens (including phenoxy) is 1. The first-order valence-corrected chi connectivity index (χ1v) is 11.7. The minimum absolute atomic E-state index is 0.0816. The number of hydrogen-bond acceptors (Lipinski definition) is 7. The van der Waals surface area contributed by atoms with Gasteiger partial charge in [-0.2, -0.15) is 0 Å². The highest BCUT2D eigenvalue weighted by molar-refractivity contribution is 6.09. The second-order valence-electron chi connectivity index (χ2n) is 8.84. The summed E-state index contributed by atoms with van der Waals surface area (Å²) in [5.74, 6) is -2.59. The molecule has 1 saturated heterocycles. The molecule has 36 heavy (non-hydrogen) atoms. The van der Waals surface area contributed by atoms with E-state index in [-0.39, 0.29) is 25.1 Å². The lowest BCUT2D eigenvalue weighted by Crippen LogP contribution is -2.63. The van der Waals surface area contributed by atoms with Crippen LogP contribution in [0.5, 0.6) is 0 Å². The summed E-state index contributed by atoms with van der Waals surface area (Å²) in [6, 6.07) is 19.0. The lowest BCUT2D eigenvalue weighted by Gasteiger charge is -2.46. The van der Waals surface area contributed by atoms with E-state index in [9.17, 15) is 19.5 Å². The molecule has 2 heterocycles. The molecule has 9 heteroatoms. The molecule has 3 aromatic rings. The number of aliphatic carboxylic acids is 1. The third kappa shape index (κ3) is 4.96. The van der Waals surface area contributed by atoms with Crippen LogP contribution in [0, 0.1) is 0 Å². The number of carbonyl (C=O) groups is 3. The highest BCUT2D eigenvalue weighted by atomic mass is 16.5. The van der Waals surface area contributed by atoms with Gasteiger partial charge in [-0.3, -0.25) is 14.5 Å². The van der Waals surface area contributed by atoms with Crippen molar-refractivity contribution in [3.63, 3.8) is 0 Å². The van der Waals surface area contributed by atoms with Gasteiger partial charge >= 0.3 is 11.9 Å². The number of methoxy groups -OCH3 is 1. The van der Waals surface area contributed by atoms with Crippen molar-refractivity contribution in [1.82, 2.24) is 4.90 Å². The third-order valence-electron chi connectivity index (χ3n) is 6.68. The molecule has 1 amide bonds. The van der Waals surface area contributed by atoms with E-state index in [1.807, 2.05) is 23.1 Å². The Morgan fingerprint density at radius 3 is 2.39 bits per heavy atom. The molecule has 4 rings (SSSR count). The SMILES string of the molecule is COC(=O)C1(N(C(=O)c2ccco2)c2cccc(N)c2)CCN(CC(C(=O)O)c2ccccc2)CC1. The maximum atomic E-state index is 13.7. The lowest BCUT2D eigenvalue weighted by molar-refractivity contribution is -0.149. The highest BCUT2D eigenvalue weighted by Crippen LogP contribution is 2.37. The van der Waals surface area contributed by atoms with Crippen LogP contribution in [-0.4, -0.2) is 60.1 Å². The summed E-state index contributed by atoms with van der Waals surface area (Å²) in [5, 5.41) is 9.85. The van der Waals surface area contributed by atoms with Gasteiger partial charge in [-0.05, 0) is 48.7 Å². The fourth-order valence-electron chi connectivity index (χ4n) is 4.82. The van der Waals surface area contributed by atoms with Crippen LogP contribution in [0.2, 0.25) is 0 Å². The molecule has 0 saturated carbocycles. The highest BCUT2D eigenvalue weighted by Gasteiger charge is 2.51. The van der Waals surface area contributed by atoms with Gasteiger partial charge in [0.05, 0.1) is 19.3 Å². The molecule has 0 radical (unpaired) electrons. The first-order valence-electron chi connectivity index (χ1n) is 11.7. The number of nitrogens with zero attached hydrogens (tertiary/aromatic N) is 2. The summed E-state index contributed by atoms with van der Waals surface area (Å²) in [7, 11) is 1.29. The molecule has 0 bridgehead atoms. The summed E-state index contributed by atoms with van der Waals surface area (Å²) in [6.45, 7) is 1.05. The summed E-state index contributed by atoms with van der Waals surface area (Å²) < 4.78 is 10.6. The zero-order chi connectivity index (χ0) is 25.7. The van der Waals surface area contributed by atoms with Gasteiger partial charge in [0.25, 0.3) is 5.91 Å². The maximum absolute atomic E-state index is 13.7. The second-order valence-corrected chi connectivity index (χ2v) is 8.84. The molecule has 1 unspecified atom stereocenters. The molecule has 1 fully saturated rings. The fraction of sp³-hybridized carbons (Fsp3) is 0.296. The molecular formula is C27H29N3O6. The molecule has 188 valence electrons. The van der Waals surface area contributed by atoms with Crippen LogP contribution in [-0.2, 0) is 14.3 Å². The lowest BCUT2D eigenvalue weighted by atomic mass is 9.84. The molecule has 1 aliphatic rings. The van der Waals surface area contributed by atoms with Gasteiger partial charge < -0.3 is 24.9 Å². The van der Waals surface area contributed by atoms with Crippen molar-refractivity contribution in [1.29, 1.82) is 0 Å². The molecule has 1 atom stereocenters. The second kappa shape index (κ2) is 10.7. The smallest absolute Gasteiger partial charge is 0.332 e. The van der Waals surface area contributed by atoms with Crippen LogP contribution in [0.1, 0.15) is 34.9 Å². The Labute approximate surface area is 209 Å². The van der Waals surface area contributed by atoms with Crippen LogP contribution in [0.25, 0.3) is 0 Å². The first kappa shape index (κ1) is 25.0. The van der Waals surface area contributed by atoms with Crippen molar-refractivity contribution in [3.05, 3.63) is 84.3 Å². The number of nitrogens with two attached hydrogens (primary N) is 1. The average molecular weight is 492 g/mol. The van der Waals surface area contributed by atoms with Crippen molar-refractivity contribution in [2.75, 3.05) is 37.4 Å². The van der Waals surface area contributed by atoms with E-state index in [1.54, 1.807) is 48.5 Å². The van der Waals surface area contributed by atoms with E-state index in [1.165, 1.54) is 18.3 Å². The molecule has 9 nitrogen and oxygen atoms in total. The van der Waals surface area contributed by atoms with Gasteiger partial charge in [-0.15, -0.1) is 0 Å². The number of carboxylic acid groups (broad SMARTS) is 1. The number of likely N-dealkylation sites (tertiary alicyclic amines) is 1. The number of nitrogen functional groups attached to an aromatic ring is 1. The standard InChI is InChI=1S/C27H29N3O6/c1-35-26(34)27(30(21-10-5-9-20(28)17-21)24(31)23-11-6-16-36-23)12-14-29(15-13-27)18-22(25(32)33)19-7-3-2-4-8-19/h2-11,16-17,22H,12-15,18,28H2,1H3,(H,32,33). The minimum Gasteiger partial charge on any atom is -0.481 e. The van der Waals surface area contributed by atoms with Crippen molar-refractivity contribution in [2.24, 2.45) is 0 Å². The number of esters is 1. The maximum Gasteiger partial charge on any atom is 0.332 e. The monoisotopic (exact) mass is 491 g/mol. The number of hydrogen-bond donors (Lipinski definition) is 2. The Morgan fingerprint density at radius 2 is 1.81 bits per heavy atom. The summed E-state index contributed by atoms with van der Waals surface area (Å²) in [4.78, 5) is 42.4. The normalized spacial score (nSPS) is 16.1. The van der Waals surface area contributed by atoms with Crippen molar-refractivity contribution in [2.45, 2.75) is 24.3 Å². The molecule has 1 aromatic heterocycles. The van der Waals surface area contributed by atoms with Gasteiger partial charge in [-0.25, -0.2) is 4.79 Å². The first-order chi connectivity index (χ1) is 17.4. The number of anilines is 2. The predicted octanol–water partition coefficient (Wildman–Crippen LogP) is 3.38. The number of carboxylic acids is 1. The van der Waals surface area contributed by atoms with Crippen molar-refractivity contribution < 1.29 is 28.6 Å². The number of rotatable bonds is 8. The Balaban J connectivity index is 1.65. The Morgan fingerprint density at radius 1 is 1.08 bits per heavy atom. The zero-order valence-electron chi connectivity index (χ0n) is 20.0. The molecule has 1 aliphatic heterocycles. The van der Waals surface area contributed by atoms with Crippen molar-refractivity contribution in [3.8, 4) is 0 Å². The predicted molar refractivity (Wildman–Crippen MR) is 134 cm³/mol.